The topological polar surface area (TPSA) is 50.9 Å². The van der Waals surface area contributed by atoms with Crippen LogP contribution < -0.4 is 10.5 Å². The molecular weight excluding hydrogens is 286 g/mol. The maximum absolute atomic E-state index is 6.17. The summed E-state index contributed by atoms with van der Waals surface area (Å²) < 4.78 is 5.70. The first-order valence-electron chi connectivity index (χ1n) is 7.73. The van der Waals surface area contributed by atoms with Crippen molar-refractivity contribution in [2.24, 2.45) is 10.7 Å². The zero-order chi connectivity index (χ0) is 14.7. The quantitative estimate of drug-likeness (QED) is 0.675. The number of halogens is 1. The van der Waals surface area contributed by atoms with Gasteiger partial charge in [0.15, 0.2) is 5.96 Å². The Morgan fingerprint density at radius 1 is 1.24 bits per heavy atom. The molecular formula is C16H22ClN3O. The number of nitrogens with two attached hydrogens (primary N) is 1. The second-order valence-electron chi connectivity index (χ2n) is 5.73. The van der Waals surface area contributed by atoms with Gasteiger partial charge in [-0.2, -0.15) is 0 Å². The van der Waals surface area contributed by atoms with Crippen LogP contribution in [0.3, 0.4) is 0 Å². The molecule has 2 aliphatic heterocycles. The van der Waals surface area contributed by atoms with Crippen molar-refractivity contribution in [1.29, 1.82) is 0 Å². The van der Waals surface area contributed by atoms with Gasteiger partial charge < -0.3 is 15.4 Å². The van der Waals surface area contributed by atoms with Gasteiger partial charge in [0, 0.05) is 30.1 Å². The fourth-order valence-corrected chi connectivity index (χ4v) is 3.29. The van der Waals surface area contributed by atoms with Gasteiger partial charge in [-0.05, 0) is 30.5 Å². The molecule has 0 aliphatic carbocycles. The number of hydrogen-bond donors (Lipinski definition) is 1. The van der Waals surface area contributed by atoms with Gasteiger partial charge in [-0.25, -0.2) is 4.99 Å². The van der Waals surface area contributed by atoms with Crippen molar-refractivity contribution in [3.05, 3.63) is 28.3 Å². The second kappa shape index (κ2) is 6.56. The molecule has 2 heterocycles. The summed E-state index contributed by atoms with van der Waals surface area (Å²) in [7, 11) is 0. The number of hydrogen-bond acceptors (Lipinski definition) is 2. The minimum Gasteiger partial charge on any atom is -0.493 e. The zero-order valence-corrected chi connectivity index (χ0v) is 13.0. The second-order valence-corrected chi connectivity index (χ2v) is 6.16. The summed E-state index contributed by atoms with van der Waals surface area (Å²) in [6.07, 6.45) is 5.91. The van der Waals surface area contributed by atoms with Crippen LogP contribution in [0, 0.1) is 0 Å². The number of likely N-dealkylation sites (tertiary alicyclic amines) is 1. The van der Waals surface area contributed by atoms with Gasteiger partial charge in [-0.3, -0.25) is 0 Å². The molecule has 0 atom stereocenters. The lowest BCUT2D eigenvalue weighted by molar-refractivity contribution is 0.353. The average Bonchev–Trinajstić information content (AvgIpc) is 2.77. The summed E-state index contributed by atoms with van der Waals surface area (Å²) in [5, 5.41) is 0.748. The van der Waals surface area contributed by atoms with Crippen molar-refractivity contribution in [2.75, 3.05) is 19.7 Å². The third-order valence-electron chi connectivity index (χ3n) is 4.17. The van der Waals surface area contributed by atoms with Crippen LogP contribution in [0.1, 0.15) is 36.8 Å². The smallest absolute Gasteiger partial charge is 0.191 e. The Labute approximate surface area is 130 Å². The van der Waals surface area contributed by atoms with Crippen molar-refractivity contribution in [1.82, 2.24) is 4.90 Å². The van der Waals surface area contributed by atoms with Crippen molar-refractivity contribution < 1.29 is 4.74 Å². The van der Waals surface area contributed by atoms with Crippen LogP contribution in [-0.2, 0) is 13.0 Å². The van der Waals surface area contributed by atoms with Gasteiger partial charge in [0.25, 0.3) is 0 Å². The lowest BCUT2D eigenvalue weighted by atomic mass is 10.1. The van der Waals surface area contributed by atoms with E-state index >= 15 is 0 Å². The van der Waals surface area contributed by atoms with Gasteiger partial charge >= 0.3 is 0 Å². The van der Waals surface area contributed by atoms with Crippen LogP contribution in [0.2, 0.25) is 5.02 Å². The minimum absolute atomic E-state index is 0.533. The number of ether oxygens (including phenoxy) is 1. The summed E-state index contributed by atoms with van der Waals surface area (Å²) in [5.41, 5.74) is 8.37. The fourth-order valence-electron chi connectivity index (χ4n) is 3.03. The van der Waals surface area contributed by atoms with E-state index in [-0.39, 0.29) is 0 Å². The molecule has 0 bridgehead atoms. The van der Waals surface area contributed by atoms with Crippen LogP contribution in [0.15, 0.2) is 17.1 Å². The van der Waals surface area contributed by atoms with E-state index in [9.17, 15) is 0 Å². The van der Waals surface area contributed by atoms with E-state index in [2.05, 4.69) is 9.89 Å². The normalized spacial score (nSPS) is 19.1. The highest BCUT2D eigenvalue weighted by atomic mass is 35.5. The van der Waals surface area contributed by atoms with E-state index in [0.29, 0.717) is 12.5 Å². The predicted molar refractivity (Wildman–Crippen MR) is 86.0 cm³/mol. The number of nitrogens with zero attached hydrogens (tertiary/aromatic N) is 2. The van der Waals surface area contributed by atoms with Gasteiger partial charge in [0.1, 0.15) is 5.75 Å². The van der Waals surface area contributed by atoms with Crippen molar-refractivity contribution in [3.8, 4) is 5.75 Å². The number of guanidine groups is 1. The Kier molecular flexibility index (Phi) is 4.54. The maximum atomic E-state index is 6.17. The molecule has 0 spiro atoms. The molecule has 5 heteroatoms. The Morgan fingerprint density at radius 3 is 2.76 bits per heavy atom. The molecule has 0 radical (unpaired) electrons. The molecule has 2 N–H and O–H groups in total. The Morgan fingerprint density at radius 2 is 2.00 bits per heavy atom. The molecule has 2 aliphatic rings. The van der Waals surface area contributed by atoms with Gasteiger partial charge in [-0.15, -0.1) is 0 Å². The van der Waals surface area contributed by atoms with Crippen LogP contribution in [0.5, 0.6) is 5.75 Å². The summed E-state index contributed by atoms with van der Waals surface area (Å²) in [6.45, 7) is 3.29. The van der Waals surface area contributed by atoms with E-state index in [4.69, 9.17) is 22.1 Å². The third-order valence-corrected chi connectivity index (χ3v) is 4.39. The van der Waals surface area contributed by atoms with Crippen molar-refractivity contribution in [3.63, 3.8) is 0 Å². The third kappa shape index (κ3) is 3.43. The van der Waals surface area contributed by atoms with E-state index in [1.54, 1.807) is 0 Å². The van der Waals surface area contributed by atoms with E-state index in [1.807, 2.05) is 12.1 Å². The summed E-state index contributed by atoms with van der Waals surface area (Å²) >= 11 is 6.17. The SMILES string of the molecule is NC(=NCc1cc(Cl)cc2c1OCC2)N1CCCCCC1. The standard InChI is InChI=1S/C16H22ClN3O/c17-14-9-12-5-8-21-15(12)13(10-14)11-19-16(18)20-6-3-1-2-4-7-20/h9-10H,1-8,11H2,(H2,18,19). The van der Waals surface area contributed by atoms with E-state index in [0.717, 1.165) is 42.5 Å². The molecule has 4 nitrogen and oxygen atoms in total. The van der Waals surface area contributed by atoms with Crippen molar-refractivity contribution >= 4 is 17.6 Å². The van der Waals surface area contributed by atoms with E-state index in [1.165, 1.54) is 31.2 Å². The Hall–Kier alpha value is -1.42. The number of fused-ring (bicyclic) bond motifs is 1. The molecule has 0 aromatic heterocycles. The van der Waals surface area contributed by atoms with Crippen LogP contribution in [0.25, 0.3) is 0 Å². The molecule has 1 aromatic rings. The molecule has 21 heavy (non-hydrogen) atoms. The van der Waals surface area contributed by atoms with Crippen LogP contribution in [0.4, 0.5) is 0 Å². The fraction of sp³-hybridized carbons (Fsp3) is 0.562. The summed E-state index contributed by atoms with van der Waals surface area (Å²) in [4.78, 5) is 6.75. The highest BCUT2D eigenvalue weighted by Crippen LogP contribution is 2.33. The summed E-state index contributed by atoms with van der Waals surface area (Å²) in [5.74, 6) is 1.59. The van der Waals surface area contributed by atoms with Gasteiger partial charge in [-0.1, -0.05) is 24.4 Å². The lowest BCUT2D eigenvalue weighted by Gasteiger charge is -2.21. The Balaban J connectivity index is 1.73. The number of rotatable bonds is 2. The number of benzene rings is 1. The Bertz CT molecular complexity index is 537. The molecule has 1 aromatic carbocycles. The maximum Gasteiger partial charge on any atom is 0.191 e. The number of aliphatic imine (C=N–C) groups is 1. The average molecular weight is 308 g/mol. The molecule has 1 fully saturated rings. The molecule has 0 amide bonds. The van der Waals surface area contributed by atoms with Crippen LogP contribution in [-0.4, -0.2) is 30.6 Å². The zero-order valence-electron chi connectivity index (χ0n) is 12.3. The first kappa shape index (κ1) is 14.5. The molecule has 0 unspecified atom stereocenters. The summed E-state index contributed by atoms with van der Waals surface area (Å²) in [6, 6.07) is 3.92. The lowest BCUT2D eigenvalue weighted by Crippen LogP contribution is -2.38. The highest BCUT2D eigenvalue weighted by Gasteiger charge is 2.18. The predicted octanol–water partition coefficient (Wildman–Crippen LogP) is 2.97. The molecule has 3 rings (SSSR count). The molecule has 114 valence electrons. The highest BCUT2D eigenvalue weighted by molar-refractivity contribution is 6.30. The van der Waals surface area contributed by atoms with Gasteiger partial charge in [0.2, 0.25) is 0 Å². The van der Waals surface area contributed by atoms with E-state index < -0.39 is 0 Å². The largest absolute Gasteiger partial charge is 0.493 e. The minimum atomic E-state index is 0.533. The van der Waals surface area contributed by atoms with Crippen LogP contribution >= 0.6 is 11.6 Å². The van der Waals surface area contributed by atoms with Crippen molar-refractivity contribution in [2.45, 2.75) is 38.6 Å². The van der Waals surface area contributed by atoms with Gasteiger partial charge in [0.05, 0.1) is 13.2 Å². The molecule has 0 saturated carbocycles. The monoisotopic (exact) mass is 307 g/mol. The first-order chi connectivity index (χ1) is 10.2. The molecule has 1 saturated heterocycles. The first-order valence-corrected chi connectivity index (χ1v) is 8.11.